The number of rotatable bonds is 15. The van der Waals surface area contributed by atoms with Crippen LogP contribution in [0.1, 0.15) is 35.5 Å². The van der Waals surface area contributed by atoms with Gasteiger partial charge in [0.05, 0.1) is 50.2 Å². The normalized spacial score (nSPS) is 10.8. The molecule has 6 aromatic carbocycles. The smallest absolute Gasteiger partial charge is 0.425 e. The molecule has 7 rings (SSSR count). The van der Waals surface area contributed by atoms with Crippen molar-refractivity contribution < 1.29 is 72.6 Å². The standard InChI is InChI=1S/C45H42N10O7.3O3S/c1-25-19-38(46-26(2)58)40(62-4)24-37(25)55-54-35-13-8-29-22-30(9-11-32(29)44(35)59)50-51-31-10-14-34(39(23-31)61-3)52-53-36-12-7-28-6-5-27(20-33(28)45(36)60)21-43-48-41(15-17-56)47-42(49-43)16-18-57;3*1-4(2)3/h5-14,19-20,22-24,56-57,59-60H,15-18,21H2,1-4H3,(H,46,58);;;. The van der Waals surface area contributed by atoms with Crippen LogP contribution in [0.5, 0.6) is 23.0 Å². The summed E-state index contributed by atoms with van der Waals surface area (Å²) in [5.74, 6) is 1.87. The summed E-state index contributed by atoms with van der Waals surface area (Å²) in [5.41, 5.74) is 4.56. The Balaban J connectivity index is 0.000000892. The van der Waals surface area contributed by atoms with Crippen LogP contribution < -0.4 is 14.8 Å². The van der Waals surface area contributed by atoms with Crippen LogP contribution in [0.3, 0.4) is 0 Å². The maximum absolute atomic E-state index is 11.6. The summed E-state index contributed by atoms with van der Waals surface area (Å²) in [5, 5.41) is 72.6. The molecule has 1 heterocycles. The summed E-state index contributed by atoms with van der Waals surface area (Å²) in [7, 11) is -6.34. The summed E-state index contributed by atoms with van der Waals surface area (Å²) in [6.45, 7) is 3.03. The Morgan fingerprint density at radius 2 is 1.01 bits per heavy atom. The van der Waals surface area contributed by atoms with E-state index in [1.54, 1.807) is 66.7 Å². The first-order valence-corrected chi connectivity index (χ1v) is 23.9. The summed E-state index contributed by atoms with van der Waals surface area (Å²) in [6.07, 6.45) is 0.889. The predicted octanol–water partition coefficient (Wildman–Crippen LogP) is 6.77. The number of anilines is 1. The molecule has 0 bridgehead atoms. The van der Waals surface area contributed by atoms with Crippen molar-refractivity contribution in [3.05, 3.63) is 120 Å². The van der Waals surface area contributed by atoms with Gasteiger partial charge in [-0.2, -0.15) is 15.3 Å². The summed E-state index contributed by atoms with van der Waals surface area (Å²) >= 11 is 0. The van der Waals surface area contributed by atoms with E-state index in [1.807, 2.05) is 31.2 Å². The van der Waals surface area contributed by atoms with Gasteiger partial charge in [-0.15, -0.1) is 53.2 Å². The summed E-state index contributed by atoms with van der Waals surface area (Å²) < 4.78 is 87.0. The molecule has 386 valence electrons. The molecule has 1 amide bonds. The lowest BCUT2D eigenvalue weighted by atomic mass is 10.0. The number of aromatic hydroxyl groups is 2. The van der Waals surface area contributed by atoms with Gasteiger partial charge >= 0.3 is 31.8 Å². The number of aryl methyl sites for hydroxylation is 1. The molecule has 26 nitrogen and oxygen atoms in total. The Labute approximate surface area is 424 Å². The number of benzene rings is 6. The van der Waals surface area contributed by atoms with Gasteiger partial charge in [0.15, 0.2) is 11.5 Å². The maximum atomic E-state index is 11.6. The van der Waals surface area contributed by atoms with Crippen molar-refractivity contribution in [2.24, 2.45) is 30.7 Å². The summed E-state index contributed by atoms with van der Waals surface area (Å²) in [4.78, 5) is 24.8. The molecular weight excluding hydrogens is 1030 g/mol. The second-order valence-electron chi connectivity index (χ2n) is 14.6. The van der Waals surface area contributed by atoms with Crippen LogP contribution in [0.25, 0.3) is 21.5 Å². The lowest BCUT2D eigenvalue weighted by molar-refractivity contribution is -0.114. The molecule has 74 heavy (non-hydrogen) atoms. The Bertz CT molecular complexity index is 3530. The van der Waals surface area contributed by atoms with Gasteiger partial charge in [-0.05, 0) is 83.4 Å². The highest BCUT2D eigenvalue weighted by Gasteiger charge is 2.14. The average molecular weight is 1080 g/mol. The first-order valence-electron chi connectivity index (χ1n) is 20.9. The molecule has 29 heteroatoms. The van der Waals surface area contributed by atoms with E-state index in [9.17, 15) is 25.2 Å². The van der Waals surface area contributed by atoms with Gasteiger partial charge in [-0.3, -0.25) is 4.79 Å². The molecular formula is C45H42N10O16S3. The van der Waals surface area contributed by atoms with E-state index in [1.165, 1.54) is 21.1 Å². The van der Waals surface area contributed by atoms with Crippen molar-refractivity contribution in [3.63, 3.8) is 0 Å². The summed E-state index contributed by atoms with van der Waals surface area (Å²) in [6, 6.07) is 26.3. The van der Waals surface area contributed by atoms with E-state index in [4.69, 9.17) is 47.4 Å². The topological polar surface area (TPSA) is 395 Å². The van der Waals surface area contributed by atoms with Crippen molar-refractivity contribution >= 4 is 99.1 Å². The third-order valence-corrected chi connectivity index (χ3v) is 9.60. The number of carbonyl (C=O) groups is 1. The van der Waals surface area contributed by atoms with Crippen molar-refractivity contribution in [2.45, 2.75) is 33.1 Å². The number of aliphatic hydroxyl groups excluding tert-OH is 2. The fourth-order valence-electron chi connectivity index (χ4n) is 6.55. The van der Waals surface area contributed by atoms with Crippen LogP contribution in [0.4, 0.5) is 39.8 Å². The zero-order valence-electron chi connectivity index (χ0n) is 39.1. The number of azo groups is 3. The number of phenolic OH excluding ortho intramolecular Hbond substituents is 2. The van der Waals surface area contributed by atoms with Gasteiger partial charge in [0, 0.05) is 49.1 Å². The fraction of sp³-hybridized carbons (Fsp3) is 0.200. The van der Waals surface area contributed by atoms with Crippen LogP contribution in [-0.4, -0.2) is 107 Å². The number of nitrogens with zero attached hydrogens (tertiary/aromatic N) is 9. The largest absolute Gasteiger partial charge is 0.505 e. The van der Waals surface area contributed by atoms with Crippen molar-refractivity contribution in [2.75, 3.05) is 32.8 Å². The molecule has 0 atom stereocenters. The molecule has 0 aliphatic carbocycles. The first kappa shape index (κ1) is 57.7. The van der Waals surface area contributed by atoms with E-state index in [-0.39, 0.29) is 54.8 Å². The Morgan fingerprint density at radius 3 is 1.57 bits per heavy atom. The Morgan fingerprint density at radius 1 is 0.541 bits per heavy atom. The molecule has 0 fully saturated rings. The third-order valence-electron chi connectivity index (χ3n) is 9.60. The van der Waals surface area contributed by atoms with E-state index >= 15 is 0 Å². The SMILES string of the molecule is COc1cc(N=Nc2ccc3c(O)c(N=Nc4cc(OC)c(NC(C)=O)cc4C)ccc3c2)ccc1N=Nc1ccc2ccc(Cc3nc(CCO)nc(CCO)n3)cc2c1O.O=S(=O)=O.O=S(=O)=O.O=S(=O)=O. The molecule has 1 aromatic heterocycles. The number of phenols is 2. The first-order chi connectivity index (χ1) is 35.2. The molecule has 0 saturated heterocycles. The van der Waals surface area contributed by atoms with Crippen molar-refractivity contribution in [3.8, 4) is 23.0 Å². The van der Waals surface area contributed by atoms with Gasteiger partial charge in [-0.25, -0.2) is 15.0 Å². The van der Waals surface area contributed by atoms with E-state index in [2.05, 4.69) is 51.0 Å². The minimum Gasteiger partial charge on any atom is -0.505 e. The van der Waals surface area contributed by atoms with Gasteiger partial charge in [-0.1, -0.05) is 24.3 Å². The van der Waals surface area contributed by atoms with Gasteiger partial charge in [0.25, 0.3) is 0 Å². The van der Waals surface area contributed by atoms with Crippen LogP contribution in [-0.2, 0) is 55.9 Å². The molecule has 0 saturated carbocycles. The molecule has 0 aliphatic rings. The highest BCUT2D eigenvalue weighted by atomic mass is 32.2. The number of aromatic nitrogens is 3. The molecule has 0 aliphatic heterocycles. The van der Waals surface area contributed by atoms with Gasteiger partial charge < -0.3 is 35.2 Å². The number of aliphatic hydroxyl groups is 2. The number of methoxy groups -OCH3 is 2. The van der Waals surface area contributed by atoms with Crippen molar-refractivity contribution in [1.29, 1.82) is 0 Å². The number of fused-ring (bicyclic) bond motifs is 2. The third kappa shape index (κ3) is 17.7. The second-order valence-corrected chi connectivity index (χ2v) is 15.8. The van der Waals surface area contributed by atoms with Gasteiger partial charge in [0.1, 0.15) is 46.0 Å². The quantitative estimate of drug-likeness (QED) is 0.0661. The minimum absolute atomic E-state index is 0.0515. The maximum Gasteiger partial charge on any atom is 0.425 e. The molecule has 5 N–H and O–H groups in total. The van der Waals surface area contributed by atoms with E-state index in [0.717, 1.165) is 16.5 Å². The monoisotopic (exact) mass is 1070 g/mol. The number of hydrogen-bond acceptors (Lipinski definition) is 25. The second kappa shape index (κ2) is 28.2. The fourth-order valence-corrected chi connectivity index (χ4v) is 6.55. The zero-order chi connectivity index (χ0) is 54.5. The molecule has 7 aromatic rings. The lowest BCUT2D eigenvalue weighted by Crippen LogP contribution is -2.11. The van der Waals surface area contributed by atoms with Crippen molar-refractivity contribution in [1.82, 2.24) is 15.0 Å². The van der Waals surface area contributed by atoms with Crippen LogP contribution in [0.2, 0.25) is 0 Å². The minimum atomic E-state index is -3.11. The lowest BCUT2D eigenvalue weighted by Gasteiger charge is -2.11. The Hall–Kier alpha value is -8.90. The highest BCUT2D eigenvalue weighted by molar-refractivity contribution is 7.59. The number of carbonyl (C=O) groups excluding carboxylic acids is 1. The van der Waals surface area contributed by atoms with E-state index < -0.39 is 31.8 Å². The number of hydrogen-bond donors (Lipinski definition) is 5. The van der Waals surface area contributed by atoms with Gasteiger partial charge in [0.2, 0.25) is 5.91 Å². The average Bonchev–Trinajstić information content (AvgIpc) is 3.33. The molecule has 0 unspecified atom stereocenters. The Kier molecular flexibility index (Phi) is 22.0. The predicted molar refractivity (Wildman–Crippen MR) is 262 cm³/mol. The van der Waals surface area contributed by atoms with Crippen LogP contribution >= 0.6 is 0 Å². The van der Waals surface area contributed by atoms with Crippen LogP contribution in [0.15, 0.2) is 122 Å². The number of ether oxygens (including phenoxy) is 2. The van der Waals surface area contributed by atoms with Crippen LogP contribution in [0, 0.1) is 6.92 Å². The number of nitrogens with one attached hydrogen (secondary N) is 1. The molecule has 0 spiro atoms. The molecule has 0 radical (unpaired) electrons. The highest BCUT2D eigenvalue weighted by Crippen LogP contribution is 2.41. The zero-order valence-corrected chi connectivity index (χ0v) is 41.6. The number of amides is 1. The van der Waals surface area contributed by atoms with E-state index in [0.29, 0.717) is 80.0 Å².